The molecular weight excluding hydrogens is 308 g/mol. The van der Waals surface area contributed by atoms with Gasteiger partial charge in [0.15, 0.2) is 0 Å². The number of H-pyrrole nitrogens is 1. The fourth-order valence-corrected chi connectivity index (χ4v) is 3.74. The summed E-state index contributed by atoms with van der Waals surface area (Å²) in [6, 6.07) is 9.83. The molecule has 1 aliphatic carbocycles. The van der Waals surface area contributed by atoms with Gasteiger partial charge in [-0.1, -0.05) is 6.07 Å². The molecule has 1 saturated carbocycles. The largest absolute Gasteiger partial charge is 0.497 e. The molecule has 0 unspecified atom stereocenters. The lowest BCUT2D eigenvalue weighted by Gasteiger charge is -2.15. The molecule has 4 nitrogen and oxygen atoms in total. The zero-order valence-corrected chi connectivity index (χ0v) is 13.7. The van der Waals surface area contributed by atoms with Gasteiger partial charge in [0.1, 0.15) is 5.75 Å². The predicted molar refractivity (Wildman–Crippen MR) is 92.4 cm³/mol. The molecule has 1 fully saturated rings. The smallest absolute Gasteiger partial charge is 0.261 e. The number of amides is 1. The van der Waals surface area contributed by atoms with Crippen LogP contribution in [0.5, 0.6) is 5.75 Å². The van der Waals surface area contributed by atoms with E-state index in [1.165, 1.54) is 22.3 Å². The number of methoxy groups -OCH3 is 1. The first kappa shape index (κ1) is 14.3. The number of benzene rings is 1. The van der Waals surface area contributed by atoms with E-state index < -0.39 is 0 Å². The van der Waals surface area contributed by atoms with Gasteiger partial charge in [-0.05, 0) is 48.1 Å². The van der Waals surface area contributed by atoms with Crippen molar-refractivity contribution in [2.45, 2.75) is 18.3 Å². The van der Waals surface area contributed by atoms with Gasteiger partial charge in [-0.2, -0.15) is 0 Å². The van der Waals surface area contributed by atoms with Crippen molar-refractivity contribution in [3.8, 4) is 5.75 Å². The van der Waals surface area contributed by atoms with Gasteiger partial charge in [0.25, 0.3) is 5.91 Å². The molecule has 3 aromatic rings. The third-order valence-electron chi connectivity index (χ3n) is 4.65. The van der Waals surface area contributed by atoms with Crippen molar-refractivity contribution in [1.82, 2.24) is 10.3 Å². The second-order valence-electron chi connectivity index (χ2n) is 6.05. The molecular formula is C18H18N2O2S. The van der Waals surface area contributed by atoms with Crippen LogP contribution in [0.3, 0.4) is 0 Å². The molecule has 2 heterocycles. The molecule has 2 aromatic heterocycles. The van der Waals surface area contributed by atoms with Crippen LogP contribution in [0, 0.1) is 0 Å². The number of aromatic amines is 1. The van der Waals surface area contributed by atoms with Crippen LogP contribution in [0.4, 0.5) is 0 Å². The van der Waals surface area contributed by atoms with E-state index in [9.17, 15) is 4.79 Å². The van der Waals surface area contributed by atoms with E-state index in [0.29, 0.717) is 6.54 Å². The van der Waals surface area contributed by atoms with Crippen molar-refractivity contribution in [1.29, 1.82) is 0 Å². The Labute approximate surface area is 138 Å². The molecule has 0 radical (unpaired) electrons. The normalized spacial score (nSPS) is 15.5. The molecule has 5 heteroatoms. The Bertz CT molecular complexity index is 847. The second kappa shape index (κ2) is 5.42. The van der Waals surface area contributed by atoms with Crippen LogP contribution in [0.15, 0.2) is 41.9 Å². The molecule has 0 spiro atoms. The topological polar surface area (TPSA) is 54.1 Å². The maximum Gasteiger partial charge on any atom is 0.261 e. The Morgan fingerprint density at radius 3 is 2.96 bits per heavy atom. The van der Waals surface area contributed by atoms with E-state index in [4.69, 9.17) is 4.74 Å². The fraction of sp³-hybridized carbons (Fsp3) is 0.278. The van der Waals surface area contributed by atoms with Crippen LogP contribution < -0.4 is 10.1 Å². The summed E-state index contributed by atoms with van der Waals surface area (Å²) in [5.41, 5.74) is 2.44. The molecule has 0 saturated heterocycles. The highest BCUT2D eigenvalue weighted by Gasteiger charge is 2.46. The number of ether oxygens (including phenoxy) is 1. The summed E-state index contributed by atoms with van der Waals surface area (Å²) < 4.78 is 5.34. The van der Waals surface area contributed by atoms with Crippen LogP contribution in [0.25, 0.3) is 10.9 Å². The molecule has 0 atom stereocenters. The molecule has 0 bridgehead atoms. The number of rotatable bonds is 5. The number of aromatic nitrogens is 1. The van der Waals surface area contributed by atoms with E-state index in [2.05, 4.69) is 22.6 Å². The lowest BCUT2D eigenvalue weighted by atomic mass is 9.95. The summed E-state index contributed by atoms with van der Waals surface area (Å²) in [5.74, 6) is 0.875. The molecule has 118 valence electrons. The van der Waals surface area contributed by atoms with Gasteiger partial charge in [-0.15, -0.1) is 11.3 Å². The monoisotopic (exact) mass is 326 g/mol. The van der Waals surface area contributed by atoms with Gasteiger partial charge in [0.2, 0.25) is 0 Å². The minimum absolute atomic E-state index is 0.0173. The van der Waals surface area contributed by atoms with Crippen molar-refractivity contribution >= 4 is 28.1 Å². The summed E-state index contributed by atoms with van der Waals surface area (Å²) >= 11 is 1.47. The molecule has 4 rings (SSSR count). The van der Waals surface area contributed by atoms with Gasteiger partial charge in [0, 0.05) is 29.1 Å². The van der Waals surface area contributed by atoms with Gasteiger partial charge in [-0.3, -0.25) is 4.79 Å². The van der Waals surface area contributed by atoms with Crippen molar-refractivity contribution in [2.24, 2.45) is 0 Å². The van der Waals surface area contributed by atoms with Gasteiger partial charge in [0.05, 0.1) is 12.0 Å². The minimum Gasteiger partial charge on any atom is -0.497 e. The first-order valence-electron chi connectivity index (χ1n) is 7.69. The lowest BCUT2D eigenvalue weighted by Crippen LogP contribution is -2.31. The third-order valence-corrected chi connectivity index (χ3v) is 5.51. The average molecular weight is 326 g/mol. The zero-order chi connectivity index (χ0) is 15.9. The maximum absolute atomic E-state index is 12.2. The number of hydrogen-bond acceptors (Lipinski definition) is 3. The van der Waals surface area contributed by atoms with E-state index in [1.54, 1.807) is 7.11 Å². The number of fused-ring (bicyclic) bond motifs is 1. The lowest BCUT2D eigenvalue weighted by molar-refractivity contribution is 0.0954. The Morgan fingerprint density at radius 1 is 1.39 bits per heavy atom. The molecule has 0 aliphatic heterocycles. The highest BCUT2D eigenvalue weighted by Crippen LogP contribution is 2.50. The van der Waals surface area contributed by atoms with Crippen LogP contribution in [-0.4, -0.2) is 24.5 Å². The summed E-state index contributed by atoms with van der Waals surface area (Å²) in [7, 11) is 1.68. The predicted octanol–water partition coefficient (Wildman–Crippen LogP) is 3.70. The van der Waals surface area contributed by atoms with Crippen molar-refractivity contribution in [3.63, 3.8) is 0 Å². The standard InChI is InChI=1S/C18H18N2O2S/c1-22-12-4-5-15-13(9-12)14(10-19-15)18(6-7-18)11-20-17(21)16-3-2-8-23-16/h2-5,8-10,19H,6-7,11H2,1H3,(H,20,21). The van der Waals surface area contributed by atoms with Crippen molar-refractivity contribution in [2.75, 3.05) is 13.7 Å². The molecule has 1 aromatic carbocycles. The zero-order valence-electron chi connectivity index (χ0n) is 12.9. The Hall–Kier alpha value is -2.27. The SMILES string of the molecule is COc1ccc2[nH]cc(C3(CNC(=O)c4cccs4)CC3)c2c1. The first-order chi connectivity index (χ1) is 11.2. The summed E-state index contributed by atoms with van der Waals surface area (Å²) in [6.45, 7) is 0.675. The van der Waals surface area contributed by atoms with Crippen LogP contribution >= 0.6 is 11.3 Å². The maximum atomic E-state index is 12.2. The summed E-state index contributed by atoms with van der Waals surface area (Å²) in [5, 5.41) is 6.21. The van der Waals surface area contributed by atoms with Gasteiger partial charge in [-0.25, -0.2) is 0 Å². The third kappa shape index (κ3) is 2.51. The molecule has 1 aliphatic rings. The first-order valence-corrected chi connectivity index (χ1v) is 8.57. The Morgan fingerprint density at radius 2 is 2.26 bits per heavy atom. The van der Waals surface area contributed by atoms with Crippen LogP contribution in [0.2, 0.25) is 0 Å². The van der Waals surface area contributed by atoms with E-state index >= 15 is 0 Å². The van der Waals surface area contributed by atoms with E-state index in [1.807, 2.05) is 29.6 Å². The summed E-state index contributed by atoms with van der Waals surface area (Å²) in [6.07, 6.45) is 4.28. The number of carbonyl (C=O) groups excluding carboxylic acids is 1. The molecule has 2 N–H and O–H groups in total. The number of carbonyl (C=O) groups is 1. The minimum atomic E-state index is 0.0173. The second-order valence-corrected chi connectivity index (χ2v) is 7.00. The highest BCUT2D eigenvalue weighted by molar-refractivity contribution is 7.12. The van der Waals surface area contributed by atoms with Crippen LogP contribution in [0.1, 0.15) is 28.1 Å². The van der Waals surface area contributed by atoms with E-state index in [0.717, 1.165) is 29.0 Å². The Kier molecular flexibility index (Phi) is 3.38. The van der Waals surface area contributed by atoms with Crippen molar-refractivity contribution in [3.05, 3.63) is 52.3 Å². The number of thiophene rings is 1. The molecule has 23 heavy (non-hydrogen) atoms. The number of nitrogens with one attached hydrogen (secondary N) is 2. The highest BCUT2D eigenvalue weighted by atomic mass is 32.1. The molecule has 1 amide bonds. The van der Waals surface area contributed by atoms with E-state index in [-0.39, 0.29) is 11.3 Å². The number of hydrogen-bond donors (Lipinski definition) is 2. The summed E-state index contributed by atoms with van der Waals surface area (Å²) in [4.78, 5) is 16.3. The van der Waals surface area contributed by atoms with Crippen molar-refractivity contribution < 1.29 is 9.53 Å². The average Bonchev–Trinajstić information content (AvgIpc) is 3.02. The van der Waals surface area contributed by atoms with Gasteiger partial charge < -0.3 is 15.0 Å². The quantitative estimate of drug-likeness (QED) is 0.751. The van der Waals surface area contributed by atoms with Gasteiger partial charge >= 0.3 is 0 Å². The fourth-order valence-electron chi connectivity index (χ4n) is 3.10. The van der Waals surface area contributed by atoms with Crippen LogP contribution in [-0.2, 0) is 5.41 Å². The Balaban J connectivity index is 1.58.